The Bertz CT molecular complexity index is 2320. The highest BCUT2D eigenvalue weighted by atomic mass is 15.0. The first-order chi connectivity index (χ1) is 22.3. The topological polar surface area (TPSA) is 80.3 Å². The first-order valence-corrected chi connectivity index (χ1v) is 14.6. The van der Waals surface area contributed by atoms with Crippen LogP contribution >= 0.6 is 0 Å². The van der Waals surface area contributed by atoms with Gasteiger partial charge in [0.2, 0.25) is 0 Å². The number of nitrogens with zero attached hydrogens (tertiary/aromatic N) is 6. The number of rotatable bonds is 5. The molecule has 8 aromatic rings. The minimum Gasteiger partial charge on any atom is -0.309 e. The average molecular weight is 577 g/mol. The Morgan fingerprint density at radius 2 is 1.09 bits per heavy atom. The smallest absolute Gasteiger partial charge is 0.164 e. The van der Waals surface area contributed by atoms with Crippen LogP contribution in [-0.2, 0) is 0 Å². The summed E-state index contributed by atoms with van der Waals surface area (Å²) in [6.07, 6.45) is 3.61. The first kappa shape index (κ1) is 26.2. The van der Waals surface area contributed by atoms with E-state index in [1.54, 1.807) is 12.4 Å². The summed E-state index contributed by atoms with van der Waals surface area (Å²) in [5, 5.41) is 12.0. The molecule has 3 heterocycles. The molecule has 45 heavy (non-hydrogen) atoms. The largest absolute Gasteiger partial charge is 0.309 e. The summed E-state index contributed by atoms with van der Waals surface area (Å²) in [5.74, 6) is 1.79. The van der Waals surface area contributed by atoms with Crippen LogP contribution in [0.4, 0.5) is 0 Å². The lowest BCUT2D eigenvalue weighted by Gasteiger charge is -2.16. The molecular weight excluding hydrogens is 552 g/mol. The Morgan fingerprint density at radius 1 is 0.489 bits per heavy atom. The standard InChI is InChI=1S/C39H24N6/c40-25-26-15-17-33-32-13-7-8-14-34(32)45(35(33)23-26)36-24-30(16-18-31(36)27-19-21-41-22-20-27)39-43-37(28-9-3-1-4-10-28)42-38(44-39)29-11-5-2-6-12-29/h1-24H. The highest BCUT2D eigenvalue weighted by molar-refractivity contribution is 6.10. The predicted molar refractivity (Wildman–Crippen MR) is 178 cm³/mol. The van der Waals surface area contributed by atoms with Crippen molar-refractivity contribution in [2.75, 3.05) is 0 Å². The van der Waals surface area contributed by atoms with Gasteiger partial charge in [0.1, 0.15) is 0 Å². The molecule has 0 radical (unpaired) electrons. The quantitative estimate of drug-likeness (QED) is 0.204. The van der Waals surface area contributed by atoms with Crippen LogP contribution in [0.25, 0.3) is 72.8 Å². The molecule has 0 bridgehead atoms. The molecule has 210 valence electrons. The van der Waals surface area contributed by atoms with Crippen LogP contribution in [0.15, 0.2) is 146 Å². The van der Waals surface area contributed by atoms with E-state index in [4.69, 9.17) is 15.0 Å². The van der Waals surface area contributed by atoms with Crippen molar-refractivity contribution in [2.45, 2.75) is 0 Å². The molecule has 0 atom stereocenters. The third kappa shape index (κ3) is 4.69. The Morgan fingerprint density at radius 3 is 1.76 bits per heavy atom. The van der Waals surface area contributed by atoms with Crippen molar-refractivity contribution in [3.05, 3.63) is 151 Å². The zero-order valence-corrected chi connectivity index (χ0v) is 24.0. The van der Waals surface area contributed by atoms with Gasteiger partial charge in [-0.15, -0.1) is 0 Å². The number of pyridine rings is 1. The maximum Gasteiger partial charge on any atom is 0.164 e. The van der Waals surface area contributed by atoms with E-state index < -0.39 is 0 Å². The fraction of sp³-hybridized carbons (Fsp3) is 0. The van der Waals surface area contributed by atoms with Crippen molar-refractivity contribution in [3.63, 3.8) is 0 Å². The van der Waals surface area contributed by atoms with Crippen molar-refractivity contribution in [2.24, 2.45) is 0 Å². The molecule has 0 amide bonds. The van der Waals surface area contributed by atoms with Gasteiger partial charge in [-0.1, -0.05) is 97.1 Å². The van der Waals surface area contributed by atoms with Gasteiger partial charge in [0.25, 0.3) is 0 Å². The molecule has 0 saturated carbocycles. The predicted octanol–water partition coefficient (Wildman–Crippen LogP) is 8.90. The van der Waals surface area contributed by atoms with Crippen molar-refractivity contribution in [1.82, 2.24) is 24.5 Å². The zero-order chi connectivity index (χ0) is 30.2. The number of fused-ring (bicyclic) bond motifs is 3. The molecule has 8 rings (SSSR count). The summed E-state index contributed by atoms with van der Waals surface area (Å²) < 4.78 is 2.24. The monoisotopic (exact) mass is 576 g/mol. The third-order valence-corrected chi connectivity index (χ3v) is 7.99. The second-order valence-corrected chi connectivity index (χ2v) is 10.7. The third-order valence-electron chi connectivity index (χ3n) is 7.99. The van der Waals surface area contributed by atoms with E-state index in [1.165, 1.54) is 0 Å². The van der Waals surface area contributed by atoms with Crippen LogP contribution in [0.2, 0.25) is 0 Å². The number of aromatic nitrogens is 5. The van der Waals surface area contributed by atoms with Gasteiger partial charge in [0, 0.05) is 45.4 Å². The second kappa shape index (κ2) is 11.0. The van der Waals surface area contributed by atoms with Gasteiger partial charge in [0.15, 0.2) is 17.5 Å². The molecule has 6 heteroatoms. The van der Waals surface area contributed by atoms with Crippen molar-refractivity contribution in [3.8, 4) is 57.0 Å². The number of para-hydroxylation sites is 1. The highest BCUT2D eigenvalue weighted by Gasteiger charge is 2.19. The Hall–Kier alpha value is -6.45. The average Bonchev–Trinajstić information content (AvgIpc) is 3.45. The van der Waals surface area contributed by atoms with Gasteiger partial charge in [-0.25, -0.2) is 15.0 Å². The normalized spacial score (nSPS) is 11.1. The van der Waals surface area contributed by atoms with Gasteiger partial charge in [0.05, 0.1) is 28.4 Å². The minimum absolute atomic E-state index is 0.573. The molecule has 0 aliphatic rings. The minimum atomic E-state index is 0.573. The lowest BCUT2D eigenvalue weighted by Crippen LogP contribution is -2.02. The van der Waals surface area contributed by atoms with Gasteiger partial charge < -0.3 is 4.57 Å². The summed E-state index contributed by atoms with van der Waals surface area (Å²) in [4.78, 5) is 19.1. The van der Waals surface area contributed by atoms with Crippen LogP contribution in [0, 0.1) is 11.3 Å². The zero-order valence-electron chi connectivity index (χ0n) is 24.0. The van der Waals surface area contributed by atoms with Gasteiger partial charge in [-0.05, 0) is 42.0 Å². The fourth-order valence-electron chi connectivity index (χ4n) is 5.87. The molecule has 0 N–H and O–H groups in total. The van der Waals surface area contributed by atoms with E-state index in [2.05, 4.69) is 46.0 Å². The maximum atomic E-state index is 9.81. The number of nitriles is 1. The van der Waals surface area contributed by atoms with Crippen molar-refractivity contribution >= 4 is 21.8 Å². The van der Waals surface area contributed by atoms with Gasteiger partial charge in [-0.2, -0.15) is 5.26 Å². The Labute approximate surface area is 259 Å². The van der Waals surface area contributed by atoms with Crippen LogP contribution in [-0.4, -0.2) is 24.5 Å². The van der Waals surface area contributed by atoms with Crippen LogP contribution < -0.4 is 0 Å². The molecule has 3 aromatic heterocycles. The number of benzene rings is 5. The first-order valence-electron chi connectivity index (χ1n) is 14.6. The van der Waals surface area contributed by atoms with Crippen LogP contribution in [0.3, 0.4) is 0 Å². The molecule has 6 nitrogen and oxygen atoms in total. The van der Waals surface area contributed by atoms with E-state index in [1.807, 2.05) is 103 Å². The lowest BCUT2D eigenvalue weighted by atomic mass is 10.0. The molecule has 5 aromatic carbocycles. The van der Waals surface area contributed by atoms with Crippen molar-refractivity contribution < 1.29 is 0 Å². The Balaban J connectivity index is 1.43. The summed E-state index contributed by atoms with van der Waals surface area (Å²) in [5.41, 5.74) is 8.27. The lowest BCUT2D eigenvalue weighted by molar-refractivity contribution is 1.07. The van der Waals surface area contributed by atoms with E-state index in [0.717, 1.165) is 55.3 Å². The van der Waals surface area contributed by atoms with Gasteiger partial charge >= 0.3 is 0 Å². The fourth-order valence-corrected chi connectivity index (χ4v) is 5.87. The molecule has 0 aliphatic carbocycles. The molecule has 0 spiro atoms. The summed E-state index contributed by atoms with van der Waals surface area (Å²) in [6, 6.07) is 46.8. The Kier molecular flexibility index (Phi) is 6.40. The summed E-state index contributed by atoms with van der Waals surface area (Å²) in [7, 11) is 0. The molecule has 0 fully saturated rings. The maximum absolute atomic E-state index is 9.81. The molecule has 0 saturated heterocycles. The van der Waals surface area contributed by atoms with E-state index in [-0.39, 0.29) is 0 Å². The summed E-state index contributed by atoms with van der Waals surface area (Å²) in [6.45, 7) is 0. The highest BCUT2D eigenvalue weighted by Crippen LogP contribution is 2.38. The van der Waals surface area contributed by atoms with E-state index >= 15 is 0 Å². The van der Waals surface area contributed by atoms with E-state index in [0.29, 0.717) is 23.0 Å². The number of hydrogen-bond donors (Lipinski definition) is 0. The molecule has 0 aliphatic heterocycles. The molecular formula is C39H24N6. The van der Waals surface area contributed by atoms with E-state index in [9.17, 15) is 5.26 Å². The SMILES string of the molecule is N#Cc1ccc2c3ccccc3n(-c3cc(-c4nc(-c5ccccc5)nc(-c5ccccc5)n4)ccc3-c3ccncc3)c2c1. The van der Waals surface area contributed by atoms with Crippen molar-refractivity contribution in [1.29, 1.82) is 5.26 Å². The van der Waals surface area contributed by atoms with Gasteiger partial charge in [-0.3, -0.25) is 4.98 Å². The molecule has 0 unspecified atom stereocenters. The second-order valence-electron chi connectivity index (χ2n) is 10.7. The van der Waals surface area contributed by atoms with Crippen LogP contribution in [0.1, 0.15) is 5.56 Å². The van der Waals surface area contributed by atoms with Crippen LogP contribution in [0.5, 0.6) is 0 Å². The summed E-state index contributed by atoms with van der Waals surface area (Å²) >= 11 is 0. The number of hydrogen-bond acceptors (Lipinski definition) is 5.